The lowest BCUT2D eigenvalue weighted by atomic mass is 10.2. The van der Waals surface area contributed by atoms with Gasteiger partial charge < -0.3 is 5.32 Å². The van der Waals surface area contributed by atoms with E-state index in [1.165, 1.54) is 0 Å². The van der Waals surface area contributed by atoms with Crippen molar-refractivity contribution >= 4 is 33.8 Å². The van der Waals surface area contributed by atoms with Gasteiger partial charge in [-0.05, 0) is 25.1 Å². The second-order valence-electron chi connectivity index (χ2n) is 3.21. The minimum absolute atomic E-state index is 0.520. The van der Waals surface area contributed by atoms with Crippen LogP contribution in [0.4, 0.5) is 10.8 Å². The van der Waals surface area contributed by atoms with Gasteiger partial charge in [-0.1, -0.05) is 11.6 Å². The maximum Gasteiger partial charge on any atom is 0.187 e. The fourth-order valence-electron chi connectivity index (χ4n) is 1.21. The lowest BCUT2D eigenvalue weighted by Gasteiger charge is -2.04. The van der Waals surface area contributed by atoms with Crippen molar-refractivity contribution in [3.8, 4) is 6.07 Å². The molecule has 0 aliphatic rings. The molecule has 1 N–H and O–H groups in total. The van der Waals surface area contributed by atoms with Gasteiger partial charge in [0.2, 0.25) is 0 Å². The first-order valence-electron chi connectivity index (χ1n) is 4.58. The molecule has 5 heteroatoms. The first-order valence-corrected chi connectivity index (χ1v) is 5.77. The van der Waals surface area contributed by atoms with Crippen LogP contribution in [-0.2, 0) is 0 Å². The predicted octanol–water partition coefficient (Wildman–Crippen LogP) is 3.72. The number of aryl methyl sites for hydroxylation is 1. The molecule has 3 nitrogen and oxygen atoms in total. The molecule has 0 unspecified atom stereocenters. The van der Waals surface area contributed by atoms with Crippen molar-refractivity contribution in [1.29, 1.82) is 5.26 Å². The molecular formula is C11H8ClN3S. The standard InChI is InChI=1S/C11H8ClN3S/c1-7-6-14-11(16-7)15-10-3-2-8(5-13)4-9(10)12/h2-4,6H,1H3,(H,14,15). The number of nitrogens with one attached hydrogen (secondary N) is 1. The lowest BCUT2D eigenvalue weighted by molar-refractivity contribution is 1.36. The molecule has 16 heavy (non-hydrogen) atoms. The molecule has 1 aromatic carbocycles. The molecule has 0 amide bonds. The predicted molar refractivity (Wildman–Crippen MR) is 66.3 cm³/mol. The Morgan fingerprint density at radius 1 is 1.50 bits per heavy atom. The maximum absolute atomic E-state index is 8.71. The van der Waals surface area contributed by atoms with Crippen molar-refractivity contribution in [2.24, 2.45) is 0 Å². The minimum Gasteiger partial charge on any atom is -0.330 e. The SMILES string of the molecule is Cc1cnc(Nc2ccc(C#N)cc2Cl)s1. The summed E-state index contributed by atoms with van der Waals surface area (Å²) in [6.07, 6.45) is 1.80. The van der Waals surface area contributed by atoms with Crippen molar-refractivity contribution in [2.75, 3.05) is 5.32 Å². The van der Waals surface area contributed by atoms with Gasteiger partial charge in [0, 0.05) is 11.1 Å². The highest BCUT2D eigenvalue weighted by Crippen LogP contribution is 2.28. The van der Waals surface area contributed by atoms with Crippen molar-refractivity contribution in [1.82, 2.24) is 4.98 Å². The Bertz CT molecular complexity index is 557. The summed E-state index contributed by atoms with van der Waals surface area (Å²) >= 11 is 7.58. The molecule has 1 heterocycles. The Kier molecular flexibility index (Phi) is 3.09. The summed E-state index contributed by atoms with van der Waals surface area (Å²) in [6.45, 7) is 1.99. The Labute approximate surface area is 102 Å². The number of hydrogen-bond acceptors (Lipinski definition) is 4. The van der Waals surface area contributed by atoms with Crippen molar-refractivity contribution < 1.29 is 0 Å². The zero-order valence-corrected chi connectivity index (χ0v) is 10.1. The molecule has 0 saturated heterocycles. The summed E-state index contributed by atoms with van der Waals surface area (Å²) in [5.74, 6) is 0. The molecule has 0 aliphatic heterocycles. The van der Waals surface area contributed by atoms with E-state index in [-0.39, 0.29) is 0 Å². The maximum atomic E-state index is 8.71. The third-order valence-electron chi connectivity index (χ3n) is 1.96. The minimum atomic E-state index is 0.520. The fourth-order valence-corrected chi connectivity index (χ4v) is 2.12. The Balaban J connectivity index is 2.26. The normalized spacial score (nSPS) is 9.81. The Morgan fingerprint density at radius 3 is 2.88 bits per heavy atom. The molecule has 0 radical (unpaired) electrons. The summed E-state index contributed by atoms with van der Waals surface area (Å²) in [4.78, 5) is 5.31. The molecule has 2 aromatic rings. The van der Waals surface area contributed by atoms with Crippen LogP contribution in [0.25, 0.3) is 0 Å². The topological polar surface area (TPSA) is 48.7 Å². The second kappa shape index (κ2) is 4.52. The summed E-state index contributed by atoms with van der Waals surface area (Å²) in [7, 11) is 0. The third kappa shape index (κ3) is 2.32. The zero-order chi connectivity index (χ0) is 11.5. The van der Waals surface area contributed by atoms with Crippen molar-refractivity contribution in [3.05, 3.63) is 39.9 Å². The van der Waals surface area contributed by atoms with E-state index < -0.39 is 0 Å². The van der Waals surface area contributed by atoms with Gasteiger partial charge in [0.15, 0.2) is 5.13 Å². The molecule has 0 saturated carbocycles. The molecule has 0 spiro atoms. The highest BCUT2D eigenvalue weighted by atomic mass is 35.5. The number of anilines is 2. The van der Waals surface area contributed by atoms with Gasteiger partial charge in [-0.25, -0.2) is 4.98 Å². The van der Waals surface area contributed by atoms with Crippen LogP contribution in [0.2, 0.25) is 5.02 Å². The molecule has 0 bridgehead atoms. The van der Waals surface area contributed by atoms with E-state index in [1.54, 1.807) is 35.7 Å². The van der Waals surface area contributed by atoms with E-state index in [0.717, 1.165) is 15.7 Å². The smallest absolute Gasteiger partial charge is 0.187 e. The number of rotatable bonds is 2. The highest BCUT2D eigenvalue weighted by Gasteiger charge is 2.04. The van der Waals surface area contributed by atoms with Crippen LogP contribution in [0.5, 0.6) is 0 Å². The highest BCUT2D eigenvalue weighted by molar-refractivity contribution is 7.15. The molecule has 1 aromatic heterocycles. The van der Waals surface area contributed by atoms with E-state index in [2.05, 4.69) is 10.3 Å². The molecule has 0 aliphatic carbocycles. The number of nitrogens with zero attached hydrogens (tertiary/aromatic N) is 2. The number of nitriles is 1. The van der Waals surface area contributed by atoms with Crippen LogP contribution in [-0.4, -0.2) is 4.98 Å². The van der Waals surface area contributed by atoms with E-state index in [4.69, 9.17) is 16.9 Å². The largest absolute Gasteiger partial charge is 0.330 e. The third-order valence-corrected chi connectivity index (χ3v) is 3.10. The molecule has 2 rings (SSSR count). The lowest BCUT2D eigenvalue weighted by Crippen LogP contribution is -1.90. The second-order valence-corrected chi connectivity index (χ2v) is 4.85. The number of hydrogen-bond donors (Lipinski definition) is 1. The number of aromatic nitrogens is 1. The summed E-state index contributed by atoms with van der Waals surface area (Å²) in [5, 5.41) is 13.1. The first kappa shape index (κ1) is 10.9. The van der Waals surface area contributed by atoms with Gasteiger partial charge in [0.05, 0.1) is 22.3 Å². The van der Waals surface area contributed by atoms with Crippen LogP contribution in [0, 0.1) is 18.3 Å². The average Bonchev–Trinajstić information content (AvgIpc) is 2.67. The van der Waals surface area contributed by atoms with Gasteiger partial charge >= 0.3 is 0 Å². The molecule has 0 atom stereocenters. The quantitative estimate of drug-likeness (QED) is 0.883. The van der Waals surface area contributed by atoms with Gasteiger partial charge in [-0.2, -0.15) is 5.26 Å². The van der Waals surface area contributed by atoms with E-state index in [0.29, 0.717) is 10.6 Å². The summed E-state index contributed by atoms with van der Waals surface area (Å²) < 4.78 is 0. The van der Waals surface area contributed by atoms with Gasteiger partial charge in [0.25, 0.3) is 0 Å². The van der Waals surface area contributed by atoms with Gasteiger partial charge in [-0.15, -0.1) is 11.3 Å². The van der Waals surface area contributed by atoms with Crippen LogP contribution >= 0.6 is 22.9 Å². The number of halogens is 1. The number of benzene rings is 1. The van der Waals surface area contributed by atoms with E-state index >= 15 is 0 Å². The van der Waals surface area contributed by atoms with Crippen molar-refractivity contribution in [3.63, 3.8) is 0 Å². The first-order chi connectivity index (χ1) is 7.69. The summed E-state index contributed by atoms with van der Waals surface area (Å²) in [6, 6.07) is 7.16. The van der Waals surface area contributed by atoms with Crippen LogP contribution in [0.3, 0.4) is 0 Å². The van der Waals surface area contributed by atoms with Crippen molar-refractivity contribution in [2.45, 2.75) is 6.92 Å². The molecular weight excluding hydrogens is 242 g/mol. The Morgan fingerprint density at radius 2 is 2.31 bits per heavy atom. The molecule has 80 valence electrons. The van der Waals surface area contributed by atoms with E-state index in [1.807, 2.05) is 13.0 Å². The number of thiazole rings is 1. The van der Waals surface area contributed by atoms with Gasteiger partial charge in [0.1, 0.15) is 0 Å². The Hall–Kier alpha value is -1.57. The van der Waals surface area contributed by atoms with Crippen LogP contribution in [0.15, 0.2) is 24.4 Å². The monoisotopic (exact) mass is 249 g/mol. The van der Waals surface area contributed by atoms with E-state index in [9.17, 15) is 0 Å². The zero-order valence-electron chi connectivity index (χ0n) is 8.49. The van der Waals surface area contributed by atoms with Crippen LogP contribution < -0.4 is 5.32 Å². The van der Waals surface area contributed by atoms with Gasteiger partial charge in [-0.3, -0.25) is 0 Å². The summed E-state index contributed by atoms with van der Waals surface area (Å²) in [5.41, 5.74) is 1.31. The van der Waals surface area contributed by atoms with Crippen LogP contribution in [0.1, 0.15) is 10.4 Å². The fraction of sp³-hybridized carbons (Fsp3) is 0.0909. The average molecular weight is 250 g/mol. The molecule has 0 fully saturated rings.